The highest BCUT2D eigenvalue weighted by atomic mass is 19.3. The van der Waals surface area contributed by atoms with E-state index >= 15 is 0 Å². The van der Waals surface area contributed by atoms with Crippen LogP contribution < -0.4 is 10.1 Å². The molecule has 2 rings (SSSR count). The molecule has 0 aliphatic rings. The third kappa shape index (κ3) is 6.03. The number of hydrogen-bond acceptors (Lipinski definition) is 6. The van der Waals surface area contributed by atoms with E-state index in [1.165, 1.54) is 49.4 Å². The van der Waals surface area contributed by atoms with E-state index in [0.717, 1.165) is 6.21 Å². The summed E-state index contributed by atoms with van der Waals surface area (Å²) in [5.41, 5.74) is 0.295. The van der Waals surface area contributed by atoms with Crippen molar-refractivity contribution in [1.29, 1.82) is 0 Å². The number of nitro benzene ring substituents is 1. The van der Waals surface area contributed by atoms with Gasteiger partial charge in [-0.25, -0.2) is 0 Å². The zero-order chi connectivity index (χ0) is 19.8. The van der Waals surface area contributed by atoms with Crippen LogP contribution in [0.5, 0.6) is 5.75 Å². The number of nitro groups is 1. The number of carbonyl (C=O) groups excluding carboxylic acids is 1. The van der Waals surface area contributed by atoms with Gasteiger partial charge in [0.05, 0.1) is 11.1 Å². The summed E-state index contributed by atoms with van der Waals surface area (Å²) >= 11 is 0. The molecule has 1 amide bonds. The van der Waals surface area contributed by atoms with Crippen LogP contribution in [-0.2, 0) is 9.63 Å². The first-order chi connectivity index (χ1) is 12.9. The highest BCUT2D eigenvalue weighted by Crippen LogP contribution is 2.19. The number of para-hydroxylation sites is 1. The van der Waals surface area contributed by atoms with Crippen LogP contribution in [-0.4, -0.2) is 29.8 Å². The number of nitrogens with one attached hydrogen (secondary N) is 1. The van der Waals surface area contributed by atoms with Crippen LogP contribution in [0.4, 0.5) is 20.2 Å². The van der Waals surface area contributed by atoms with Crippen molar-refractivity contribution in [3.8, 4) is 5.75 Å². The van der Waals surface area contributed by atoms with Gasteiger partial charge in [0, 0.05) is 23.4 Å². The van der Waals surface area contributed by atoms with Gasteiger partial charge in [-0.15, -0.1) is 0 Å². The number of oxime groups is 1. The fourth-order valence-corrected chi connectivity index (χ4v) is 1.96. The van der Waals surface area contributed by atoms with Crippen molar-refractivity contribution in [2.45, 2.75) is 19.6 Å². The second-order valence-electron chi connectivity index (χ2n) is 5.20. The summed E-state index contributed by atoms with van der Waals surface area (Å²) in [4.78, 5) is 27.2. The standard InChI is InChI=1S/C17H15F2N3O5/c1-11(16(23)21-13-6-4-7-14(9-13)22(24)25)27-20-10-12-5-2-3-8-15(12)26-17(18)19/h2-11,17H,1H3,(H,21,23). The van der Waals surface area contributed by atoms with Crippen LogP contribution in [0.2, 0.25) is 0 Å². The highest BCUT2D eigenvalue weighted by Gasteiger charge is 2.16. The van der Waals surface area contributed by atoms with E-state index in [9.17, 15) is 23.7 Å². The minimum Gasteiger partial charge on any atom is -0.434 e. The molecule has 0 radical (unpaired) electrons. The van der Waals surface area contributed by atoms with Gasteiger partial charge in [-0.05, 0) is 25.1 Å². The highest BCUT2D eigenvalue weighted by molar-refractivity contribution is 5.94. The molecule has 1 unspecified atom stereocenters. The van der Waals surface area contributed by atoms with Crippen molar-refractivity contribution in [2.75, 3.05) is 5.32 Å². The molecule has 10 heteroatoms. The Kier molecular flexibility index (Phi) is 6.75. The normalized spacial score (nSPS) is 12.0. The number of nitrogens with zero attached hydrogens (tertiary/aromatic N) is 2. The average molecular weight is 379 g/mol. The number of alkyl halides is 2. The van der Waals surface area contributed by atoms with E-state index in [0.29, 0.717) is 0 Å². The quantitative estimate of drug-likeness (QED) is 0.429. The van der Waals surface area contributed by atoms with Crippen molar-refractivity contribution in [3.05, 3.63) is 64.2 Å². The number of carbonyl (C=O) groups is 1. The molecule has 1 N–H and O–H groups in total. The Morgan fingerprint density at radius 2 is 2.00 bits per heavy atom. The van der Waals surface area contributed by atoms with Crippen molar-refractivity contribution >= 4 is 23.5 Å². The number of benzene rings is 2. The molecule has 2 aromatic rings. The first kappa shape index (κ1) is 19.8. The van der Waals surface area contributed by atoms with E-state index in [-0.39, 0.29) is 22.7 Å². The van der Waals surface area contributed by atoms with Gasteiger partial charge in [-0.3, -0.25) is 14.9 Å². The Morgan fingerprint density at radius 3 is 2.70 bits per heavy atom. The smallest absolute Gasteiger partial charge is 0.387 e. The molecule has 0 bridgehead atoms. The summed E-state index contributed by atoms with van der Waals surface area (Å²) in [6.07, 6.45) is 0.0955. The molecule has 0 aromatic heterocycles. The zero-order valence-corrected chi connectivity index (χ0v) is 14.0. The monoisotopic (exact) mass is 379 g/mol. The van der Waals surface area contributed by atoms with Crippen LogP contribution in [0.25, 0.3) is 0 Å². The number of non-ortho nitro benzene ring substituents is 1. The number of anilines is 1. The van der Waals surface area contributed by atoms with Crippen LogP contribution in [0, 0.1) is 10.1 Å². The van der Waals surface area contributed by atoms with E-state index < -0.39 is 23.5 Å². The Hall–Kier alpha value is -3.56. The second-order valence-corrected chi connectivity index (χ2v) is 5.20. The maximum atomic E-state index is 12.3. The molecular formula is C17H15F2N3O5. The van der Waals surface area contributed by atoms with Crippen molar-refractivity contribution < 1.29 is 28.1 Å². The molecule has 2 aromatic carbocycles. The Balaban J connectivity index is 1.96. The first-order valence-electron chi connectivity index (χ1n) is 7.65. The SMILES string of the molecule is CC(ON=Cc1ccccc1OC(F)F)C(=O)Nc1cccc([N+](=O)[O-])c1. The molecule has 0 heterocycles. The largest absolute Gasteiger partial charge is 0.434 e. The van der Waals surface area contributed by atoms with Gasteiger partial charge in [-0.2, -0.15) is 8.78 Å². The summed E-state index contributed by atoms with van der Waals surface area (Å²) in [7, 11) is 0. The third-order valence-corrected chi connectivity index (χ3v) is 3.24. The van der Waals surface area contributed by atoms with Crippen LogP contribution >= 0.6 is 0 Å². The van der Waals surface area contributed by atoms with Gasteiger partial charge >= 0.3 is 6.61 Å². The number of rotatable bonds is 8. The summed E-state index contributed by atoms with van der Waals surface area (Å²) < 4.78 is 29.0. The first-order valence-corrected chi connectivity index (χ1v) is 7.65. The van der Waals surface area contributed by atoms with Crippen molar-refractivity contribution in [2.24, 2.45) is 5.16 Å². The number of amides is 1. The predicted octanol–water partition coefficient (Wildman–Crippen LogP) is 3.57. The van der Waals surface area contributed by atoms with Gasteiger partial charge < -0.3 is 14.9 Å². The van der Waals surface area contributed by atoms with E-state index in [1.807, 2.05) is 0 Å². The lowest BCUT2D eigenvalue weighted by Crippen LogP contribution is -2.26. The van der Waals surface area contributed by atoms with Crippen LogP contribution in [0.1, 0.15) is 12.5 Å². The molecular weight excluding hydrogens is 364 g/mol. The van der Waals surface area contributed by atoms with Gasteiger partial charge in [-0.1, -0.05) is 23.4 Å². The Morgan fingerprint density at radius 1 is 1.26 bits per heavy atom. The second kappa shape index (κ2) is 9.22. The topological polar surface area (TPSA) is 103 Å². The summed E-state index contributed by atoms with van der Waals surface area (Å²) in [5, 5.41) is 16.8. The molecule has 0 spiro atoms. The fraction of sp³-hybridized carbons (Fsp3) is 0.176. The Bertz CT molecular complexity index is 845. The lowest BCUT2D eigenvalue weighted by atomic mass is 10.2. The molecule has 0 fully saturated rings. The summed E-state index contributed by atoms with van der Waals surface area (Å²) in [6.45, 7) is -1.58. The predicted molar refractivity (Wildman–Crippen MR) is 92.9 cm³/mol. The van der Waals surface area contributed by atoms with Crippen molar-refractivity contribution in [3.63, 3.8) is 0 Å². The van der Waals surface area contributed by atoms with Crippen molar-refractivity contribution in [1.82, 2.24) is 0 Å². The number of halogens is 2. The molecule has 1 atom stereocenters. The molecule has 0 saturated heterocycles. The van der Waals surface area contributed by atoms with Gasteiger partial charge in [0.2, 0.25) is 6.10 Å². The average Bonchev–Trinajstić information content (AvgIpc) is 2.62. The molecule has 0 aliphatic carbocycles. The number of hydrogen-bond donors (Lipinski definition) is 1. The van der Waals surface area contributed by atoms with Gasteiger partial charge in [0.25, 0.3) is 11.6 Å². The molecule has 0 aliphatic heterocycles. The number of ether oxygens (including phenoxy) is 1. The van der Waals surface area contributed by atoms with E-state index in [1.54, 1.807) is 6.07 Å². The van der Waals surface area contributed by atoms with Gasteiger partial charge in [0.1, 0.15) is 5.75 Å². The minimum absolute atomic E-state index is 0.0893. The lowest BCUT2D eigenvalue weighted by molar-refractivity contribution is -0.384. The Labute approximate surface area is 152 Å². The fourth-order valence-electron chi connectivity index (χ4n) is 1.96. The van der Waals surface area contributed by atoms with Crippen LogP contribution in [0.3, 0.4) is 0 Å². The summed E-state index contributed by atoms with van der Waals surface area (Å²) in [5.74, 6) is -0.682. The van der Waals surface area contributed by atoms with E-state index in [2.05, 4.69) is 15.2 Å². The summed E-state index contributed by atoms with van der Waals surface area (Å²) in [6, 6.07) is 11.3. The molecule has 142 valence electrons. The molecule has 27 heavy (non-hydrogen) atoms. The lowest BCUT2D eigenvalue weighted by Gasteiger charge is -2.11. The van der Waals surface area contributed by atoms with E-state index in [4.69, 9.17) is 4.84 Å². The molecule has 8 nitrogen and oxygen atoms in total. The molecule has 0 saturated carbocycles. The zero-order valence-electron chi connectivity index (χ0n) is 14.0. The third-order valence-electron chi connectivity index (χ3n) is 3.24. The van der Waals surface area contributed by atoms with Crippen LogP contribution in [0.15, 0.2) is 53.7 Å². The minimum atomic E-state index is -2.99. The maximum absolute atomic E-state index is 12.3. The maximum Gasteiger partial charge on any atom is 0.387 e. The van der Waals surface area contributed by atoms with Gasteiger partial charge in [0.15, 0.2) is 0 Å².